The molecule has 8 heteroatoms. The number of rotatable bonds is 6. The molecule has 1 fully saturated rings. The van der Waals surface area contributed by atoms with E-state index in [0.717, 1.165) is 45.6 Å². The number of carbonyl (C=O) groups excluding carboxylic acids is 1. The quantitative estimate of drug-likeness (QED) is 0.357. The van der Waals surface area contributed by atoms with Gasteiger partial charge in [0.05, 0.1) is 23.5 Å². The van der Waals surface area contributed by atoms with Crippen LogP contribution in [0.4, 0.5) is 17.3 Å². The van der Waals surface area contributed by atoms with E-state index in [9.17, 15) is 4.79 Å². The van der Waals surface area contributed by atoms with E-state index in [0.29, 0.717) is 19.1 Å². The van der Waals surface area contributed by atoms with Gasteiger partial charge in [-0.1, -0.05) is 36.4 Å². The van der Waals surface area contributed by atoms with Crippen LogP contribution in [-0.4, -0.2) is 40.6 Å². The van der Waals surface area contributed by atoms with E-state index in [1.807, 2.05) is 61.5 Å². The molecule has 1 amide bonds. The van der Waals surface area contributed by atoms with Crippen molar-refractivity contribution in [2.24, 2.45) is 0 Å². The number of pyridine rings is 1. The van der Waals surface area contributed by atoms with Crippen molar-refractivity contribution in [3.63, 3.8) is 0 Å². The van der Waals surface area contributed by atoms with E-state index in [1.165, 1.54) is 6.08 Å². The topological polar surface area (TPSA) is 101 Å². The van der Waals surface area contributed by atoms with Crippen LogP contribution < -0.4 is 16.0 Å². The maximum absolute atomic E-state index is 12.0. The molecular formula is C27H26N6O2. The molecule has 0 aliphatic carbocycles. The predicted molar refractivity (Wildman–Crippen MR) is 138 cm³/mol. The summed E-state index contributed by atoms with van der Waals surface area (Å²) in [5.74, 6) is 0.307. The van der Waals surface area contributed by atoms with Gasteiger partial charge in [0.1, 0.15) is 6.10 Å². The number of morpholine rings is 1. The van der Waals surface area contributed by atoms with Crippen LogP contribution in [0.5, 0.6) is 0 Å². The Morgan fingerprint density at radius 3 is 2.91 bits per heavy atom. The third-order valence-corrected chi connectivity index (χ3v) is 5.69. The molecule has 1 atom stereocenters. The number of fused-ring (bicyclic) bond motifs is 1. The van der Waals surface area contributed by atoms with Crippen LogP contribution in [0.3, 0.4) is 0 Å². The number of para-hydroxylation sites is 1. The lowest BCUT2D eigenvalue weighted by Gasteiger charge is -2.24. The van der Waals surface area contributed by atoms with Crippen LogP contribution in [0.15, 0.2) is 79.1 Å². The van der Waals surface area contributed by atoms with Crippen molar-refractivity contribution in [3.05, 3.63) is 84.8 Å². The second kappa shape index (κ2) is 10.4. The first-order valence-corrected chi connectivity index (χ1v) is 11.6. The summed E-state index contributed by atoms with van der Waals surface area (Å²) in [5.41, 5.74) is 5.05. The van der Waals surface area contributed by atoms with Crippen molar-refractivity contribution in [3.8, 4) is 11.1 Å². The van der Waals surface area contributed by atoms with Crippen LogP contribution in [0.1, 0.15) is 18.7 Å². The highest BCUT2D eigenvalue weighted by molar-refractivity contribution is 6.00. The minimum Gasteiger partial charge on any atom is -0.369 e. The van der Waals surface area contributed by atoms with E-state index in [4.69, 9.17) is 9.72 Å². The Bertz CT molecular complexity index is 1380. The van der Waals surface area contributed by atoms with Crippen molar-refractivity contribution in [1.82, 2.24) is 20.3 Å². The molecular weight excluding hydrogens is 440 g/mol. The third kappa shape index (κ3) is 5.18. The average Bonchev–Trinajstić information content (AvgIpc) is 2.89. The van der Waals surface area contributed by atoms with Gasteiger partial charge in [-0.15, -0.1) is 0 Å². The number of hydrogen-bond donors (Lipinski definition) is 3. The molecule has 3 heterocycles. The number of allylic oxidation sites excluding steroid dienone is 1. The first-order valence-electron chi connectivity index (χ1n) is 11.6. The summed E-state index contributed by atoms with van der Waals surface area (Å²) in [5, 5.41) is 10.5. The highest BCUT2D eigenvalue weighted by Crippen LogP contribution is 2.31. The number of nitrogens with zero attached hydrogens (tertiary/aromatic N) is 3. The fraction of sp³-hybridized carbons (Fsp3) is 0.185. The molecule has 35 heavy (non-hydrogen) atoms. The number of amides is 1. The maximum Gasteiger partial charge on any atom is 0.248 e. The Labute approximate surface area is 203 Å². The fourth-order valence-corrected chi connectivity index (χ4v) is 4.09. The zero-order valence-electron chi connectivity index (χ0n) is 19.4. The zero-order valence-corrected chi connectivity index (χ0v) is 19.4. The molecule has 0 bridgehead atoms. The number of benzene rings is 2. The van der Waals surface area contributed by atoms with Crippen molar-refractivity contribution in [2.75, 3.05) is 30.3 Å². The Kier molecular flexibility index (Phi) is 6.74. The summed E-state index contributed by atoms with van der Waals surface area (Å²) in [6, 6.07) is 17.5. The molecule has 2 aromatic carbocycles. The second-order valence-corrected chi connectivity index (χ2v) is 8.13. The average molecular weight is 467 g/mol. The molecule has 0 spiro atoms. The maximum atomic E-state index is 12.0. The number of carbonyl (C=O) groups is 1. The number of anilines is 3. The summed E-state index contributed by atoms with van der Waals surface area (Å²) < 4.78 is 5.90. The van der Waals surface area contributed by atoms with E-state index in [1.54, 1.807) is 18.5 Å². The van der Waals surface area contributed by atoms with Crippen LogP contribution in [-0.2, 0) is 9.53 Å². The van der Waals surface area contributed by atoms with Gasteiger partial charge >= 0.3 is 0 Å². The standard InChI is InChI=1S/C27H26N6O2/c1-2-6-24(34)31-20-9-3-7-18(15-20)21-10-4-8-19-16-30-27(33-25(19)21)32-22-11-5-12-29-26(22)23-17-28-13-14-35-23/h2-12,15-16,23,28H,13-14,17H2,1H3,(H,31,34)(H,30,32,33)/b6-2+. The van der Waals surface area contributed by atoms with Gasteiger partial charge in [-0.25, -0.2) is 9.97 Å². The van der Waals surface area contributed by atoms with Crippen LogP contribution in [0, 0.1) is 0 Å². The van der Waals surface area contributed by atoms with Crippen LogP contribution in [0.2, 0.25) is 0 Å². The molecule has 5 rings (SSSR count). The largest absolute Gasteiger partial charge is 0.369 e. The van der Waals surface area contributed by atoms with Gasteiger partial charge in [0.2, 0.25) is 11.9 Å². The van der Waals surface area contributed by atoms with Gasteiger partial charge in [-0.3, -0.25) is 9.78 Å². The van der Waals surface area contributed by atoms with Crippen molar-refractivity contribution >= 4 is 34.1 Å². The molecule has 3 N–H and O–H groups in total. The van der Waals surface area contributed by atoms with Gasteiger partial charge < -0.3 is 20.7 Å². The normalized spacial score (nSPS) is 15.9. The zero-order chi connectivity index (χ0) is 24.0. The molecule has 0 radical (unpaired) electrons. The first kappa shape index (κ1) is 22.6. The summed E-state index contributed by atoms with van der Waals surface area (Å²) in [6.07, 6.45) is 6.64. The van der Waals surface area contributed by atoms with Gasteiger partial charge in [-0.2, -0.15) is 0 Å². The molecule has 176 valence electrons. The molecule has 1 aliphatic rings. The number of aromatic nitrogens is 3. The molecule has 1 aliphatic heterocycles. The van der Waals surface area contributed by atoms with Gasteiger partial charge in [0.25, 0.3) is 0 Å². The SMILES string of the molecule is C/C=C/C(=O)Nc1cccc(-c2cccc3cnc(Nc4cccnc4C4CNCCO4)nc23)c1. The number of ether oxygens (including phenoxy) is 1. The van der Waals surface area contributed by atoms with E-state index in [-0.39, 0.29) is 12.0 Å². The molecule has 1 saturated heterocycles. The monoisotopic (exact) mass is 466 g/mol. The Morgan fingerprint density at radius 2 is 2.06 bits per heavy atom. The number of hydrogen-bond acceptors (Lipinski definition) is 7. The lowest BCUT2D eigenvalue weighted by atomic mass is 10.0. The highest BCUT2D eigenvalue weighted by atomic mass is 16.5. The minimum absolute atomic E-state index is 0.135. The van der Waals surface area contributed by atoms with Gasteiger partial charge in [0, 0.05) is 42.1 Å². The Balaban J connectivity index is 1.48. The van der Waals surface area contributed by atoms with Crippen LogP contribution in [0.25, 0.3) is 22.0 Å². The van der Waals surface area contributed by atoms with E-state index >= 15 is 0 Å². The first-order chi connectivity index (χ1) is 17.2. The highest BCUT2D eigenvalue weighted by Gasteiger charge is 2.20. The molecule has 4 aromatic rings. The lowest BCUT2D eigenvalue weighted by molar-refractivity contribution is -0.111. The van der Waals surface area contributed by atoms with Gasteiger partial charge in [0.15, 0.2) is 0 Å². The van der Waals surface area contributed by atoms with Crippen molar-refractivity contribution < 1.29 is 9.53 Å². The molecule has 1 unspecified atom stereocenters. The van der Waals surface area contributed by atoms with Crippen LogP contribution >= 0.6 is 0 Å². The van der Waals surface area contributed by atoms with Crippen molar-refractivity contribution in [2.45, 2.75) is 13.0 Å². The molecule has 0 saturated carbocycles. The fourth-order valence-electron chi connectivity index (χ4n) is 4.09. The summed E-state index contributed by atoms with van der Waals surface area (Å²) >= 11 is 0. The Hall–Kier alpha value is -4.14. The minimum atomic E-state index is -0.166. The van der Waals surface area contributed by atoms with E-state index < -0.39 is 0 Å². The van der Waals surface area contributed by atoms with Crippen molar-refractivity contribution in [1.29, 1.82) is 0 Å². The summed E-state index contributed by atoms with van der Waals surface area (Å²) in [6.45, 7) is 3.99. The van der Waals surface area contributed by atoms with E-state index in [2.05, 4.69) is 25.9 Å². The lowest BCUT2D eigenvalue weighted by Crippen LogP contribution is -2.34. The predicted octanol–water partition coefficient (Wildman–Crippen LogP) is 4.61. The second-order valence-electron chi connectivity index (χ2n) is 8.13. The number of nitrogens with one attached hydrogen (secondary N) is 3. The Morgan fingerprint density at radius 1 is 1.14 bits per heavy atom. The third-order valence-electron chi connectivity index (χ3n) is 5.69. The smallest absolute Gasteiger partial charge is 0.248 e. The molecule has 2 aromatic heterocycles. The van der Waals surface area contributed by atoms with Gasteiger partial charge in [-0.05, 0) is 42.8 Å². The summed E-state index contributed by atoms with van der Waals surface area (Å²) in [4.78, 5) is 25.9. The molecule has 8 nitrogen and oxygen atoms in total. The summed E-state index contributed by atoms with van der Waals surface area (Å²) in [7, 11) is 0.